The molecule has 7 heteroatoms. The Bertz CT molecular complexity index is 566. The van der Waals surface area contributed by atoms with Gasteiger partial charge < -0.3 is 5.73 Å². The van der Waals surface area contributed by atoms with Crippen LogP contribution in [0.3, 0.4) is 0 Å². The molecule has 1 aromatic carbocycles. The van der Waals surface area contributed by atoms with E-state index in [0.717, 1.165) is 0 Å². The molecular formula is C10H10FN5S. The summed E-state index contributed by atoms with van der Waals surface area (Å²) in [6.45, 7) is 0. The predicted octanol–water partition coefficient (Wildman–Crippen LogP) is 1.39. The number of hydrogen-bond donors (Lipinski definition) is 2. The Hall–Kier alpha value is -1.89. The van der Waals surface area contributed by atoms with Crippen LogP contribution in [0.4, 0.5) is 4.39 Å². The molecule has 0 unspecified atom stereocenters. The van der Waals surface area contributed by atoms with Crippen LogP contribution in [0, 0.1) is 11.2 Å². The van der Waals surface area contributed by atoms with Gasteiger partial charge in [0.15, 0.2) is 5.16 Å². The normalized spacial score (nSPS) is 10.5. The molecule has 0 fully saturated rings. The number of nitrogens with one attached hydrogen (secondary N) is 1. The number of halogens is 1. The van der Waals surface area contributed by atoms with Crippen LogP contribution in [-0.4, -0.2) is 20.6 Å². The summed E-state index contributed by atoms with van der Waals surface area (Å²) in [4.78, 5) is 4.57. The summed E-state index contributed by atoms with van der Waals surface area (Å²) in [5.41, 5.74) is 5.47. The molecule has 0 aliphatic carbocycles. The minimum atomic E-state index is -0.510. The average Bonchev–Trinajstić information content (AvgIpc) is 2.64. The second-order valence-corrected chi connectivity index (χ2v) is 4.30. The van der Waals surface area contributed by atoms with Crippen LogP contribution >= 0.6 is 11.8 Å². The zero-order chi connectivity index (χ0) is 12.4. The van der Waals surface area contributed by atoms with Crippen molar-refractivity contribution in [3.05, 3.63) is 35.9 Å². The quantitative estimate of drug-likeness (QED) is 0.638. The summed E-state index contributed by atoms with van der Waals surface area (Å²) in [7, 11) is 1.74. The van der Waals surface area contributed by atoms with Gasteiger partial charge in [0.05, 0.1) is 5.56 Å². The zero-order valence-electron chi connectivity index (χ0n) is 9.01. The molecule has 0 aliphatic rings. The lowest BCUT2D eigenvalue weighted by molar-refractivity contribution is 0.620. The number of aromatic nitrogens is 3. The van der Waals surface area contributed by atoms with Crippen LogP contribution in [0.2, 0.25) is 0 Å². The van der Waals surface area contributed by atoms with Crippen molar-refractivity contribution in [3.8, 4) is 0 Å². The van der Waals surface area contributed by atoms with Gasteiger partial charge in [-0.05, 0) is 23.9 Å². The summed E-state index contributed by atoms with van der Waals surface area (Å²) >= 11 is 1.22. The summed E-state index contributed by atoms with van der Waals surface area (Å²) < 4.78 is 15.1. The van der Waals surface area contributed by atoms with Gasteiger partial charge in [-0.1, -0.05) is 6.07 Å². The lowest BCUT2D eigenvalue weighted by Gasteiger charge is -2.07. The molecule has 0 spiro atoms. The second-order valence-electron chi connectivity index (χ2n) is 3.29. The molecule has 17 heavy (non-hydrogen) atoms. The average molecular weight is 251 g/mol. The molecule has 0 radical (unpaired) electrons. The highest BCUT2D eigenvalue weighted by Crippen LogP contribution is 2.29. The summed E-state index contributed by atoms with van der Waals surface area (Å²) in [6.07, 6.45) is 1.41. The highest BCUT2D eigenvalue weighted by molar-refractivity contribution is 7.99. The second kappa shape index (κ2) is 4.54. The Balaban J connectivity index is 2.43. The van der Waals surface area contributed by atoms with Crippen LogP contribution < -0.4 is 5.73 Å². The maximum absolute atomic E-state index is 13.6. The first-order valence-corrected chi connectivity index (χ1v) is 5.56. The molecular weight excluding hydrogens is 241 g/mol. The van der Waals surface area contributed by atoms with Gasteiger partial charge in [0.25, 0.3) is 0 Å². The van der Waals surface area contributed by atoms with Gasteiger partial charge in [-0.25, -0.2) is 14.1 Å². The topological polar surface area (TPSA) is 80.6 Å². The lowest BCUT2D eigenvalue weighted by atomic mass is 10.2. The van der Waals surface area contributed by atoms with Crippen molar-refractivity contribution in [2.24, 2.45) is 12.8 Å². The molecule has 1 aromatic heterocycles. The van der Waals surface area contributed by atoms with E-state index in [-0.39, 0.29) is 11.4 Å². The summed E-state index contributed by atoms with van der Waals surface area (Å²) in [6, 6.07) is 4.54. The molecule has 2 aromatic rings. The van der Waals surface area contributed by atoms with E-state index in [2.05, 4.69) is 10.1 Å². The fraction of sp³-hybridized carbons (Fsp3) is 0.100. The molecule has 0 saturated carbocycles. The van der Waals surface area contributed by atoms with Crippen LogP contribution in [0.5, 0.6) is 0 Å². The molecule has 1 heterocycles. The molecule has 0 bridgehead atoms. The van der Waals surface area contributed by atoms with Gasteiger partial charge in [0.2, 0.25) is 0 Å². The number of benzene rings is 1. The van der Waals surface area contributed by atoms with E-state index in [9.17, 15) is 4.39 Å². The van der Waals surface area contributed by atoms with Gasteiger partial charge in [-0.2, -0.15) is 5.10 Å². The van der Waals surface area contributed by atoms with Crippen molar-refractivity contribution in [1.82, 2.24) is 14.8 Å². The Morgan fingerprint density at radius 2 is 2.29 bits per heavy atom. The number of rotatable bonds is 3. The van der Waals surface area contributed by atoms with E-state index in [1.165, 1.54) is 24.2 Å². The number of aryl methyl sites for hydroxylation is 1. The first-order valence-electron chi connectivity index (χ1n) is 4.74. The molecule has 0 atom stereocenters. The standard InChI is InChI=1S/C10H10FN5S/c1-16-10(14-5-15-16)17-7-4-2-3-6(11)8(7)9(12)13/h2-5H,1H3,(H3,12,13). The predicted molar refractivity (Wildman–Crippen MR) is 62.5 cm³/mol. The van der Waals surface area contributed by atoms with Crippen LogP contribution in [0.25, 0.3) is 0 Å². The molecule has 0 saturated heterocycles. The molecule has 0 aliphatic heterocycles. The largest absolute Gasteiger partial charge is 0.384 e. The molecule has 3 N–H and O–H groups in total. The van der Waals surface area contributed by atoms with Gasteiger partial charge in [0.1, 0.15) is 18.0 Å². The van der Waals surface area contributed by atoms with Gasteiger partial charge in [-0.3, -0.25) is 5.41 Å². The van der Waals surface area contributed by atoms with Crippen molar-refractivity contribution in [2.45, 2.75) is 10.1 Å². The highest BCUT2D eigenvalue weighted by atomic mass is 32.2. The van der Waals surface area contributed by atoms with Gasteiger partial charge in [0, 0.05) is 11.9 Å². The van der Waals surface area contributed by atoms with E-state index in [1.807, 2.05) is 0 Å². The Labute approximate surface area is 101 Å². The summed E-state index contributed by atoms with van der Waals surface area (Å²) in [5.74, 6) is -0.808. The fourth-order valence-electron chi connectivity index (χ4n) is 1.33. The minimum absolute atomic E-state index is 0.0977. The maximum Gasteiger partial charge on any atom is 0.190 e. The SMILES string of the molecule is Cn1ncnc1Sc1cccc(F)c1C(=N)N. The van der Waals surface area contributed by atoms with Crippen LogP contribution in [0.15, 0.2) is 34.6 Å². The third-order valence-electron chi connectivity index (χ3n) is 2.12. The molecule has 0 amide bonds. The van der Waals surface area contributed by atoms with E-state index in [0.29, 0.717) is 10.1 Å². The number of nitrogen functional groups attached to an aromatic ring is 1. The Morgan fingerprint density at radius 3 is 2.88 bits per heavy atom. The third kappa shape index (κ3) is 2.28. The van der Waals surface area contributed by atoms with Crippen molar-refractivity contribution < 1.29 is 4.39 Å². The lowest BCUT2D eigenvalue weighted by Crippen LogP contribution is -2.14. The van der Waals surface area contributed by atoms with E-state index >= 15 is 0 Å². The smallest absolute Gasteiger partial charge is 0.190 e. The monoisotopic (exact) mass is 251 g/mol. The zero-order valence-corrected chi connectivity index (χ0v) is 9.83. The number of amidine groups is 1. The van der Waals surface area contributed by atoms with E-state index in [1.54, 1.807) is 23.9 Å². The Kier molecular flexibility index (Phi) is 3.10. The van der Waals surface area contributed by atoms with Crippen LogP contribution in [-0.2, 0) is 7.05 Å². The van der Waals surface area contributed by atoms with Crippen molar-refractivity contribution in [2.75, 3.05) is 0 Å². The summed E-state index contributed by atoms with van der Waals surface area (Å²) in [5, 5.41) is 11.9. The molecule has 88 valence electrons. The molecule has 5 nitrogen and oxygen atoms in total. The fourth-order valence-corrected chi connectivity index (χ4v) is 2.26. The number of nitrogens with two attached hydrogens (primary N) is 1. The van der Waals surface area contributed by atoms with Gasteiger partial charge in [-0.15, -0.1) is 0 Å². The molecule has 2 rings (SSSR count). The minimum Gasteiger partial charge on any atom is -0.384 e. The van der Waals surface area contributed by atoms with Crippen molar-refractivity contribution >= 4 is 17.6 Å². The first kappa shape index (κ1) is 11.6. The highest BCUT2D eigenvalue weighted by Gasteiger charge is 2.14. The third-order valence-corrected chi connectivity index (χ3v) is 3.23. The van der Waals surface area contributed by atoms with E-state index < -0.39 is 5.82 Å². The van der Waals surface area contributed by atoms with Crippen molar-refractivity contribution in [1.29, 1.82) is 5.41 Å². The maximum atomic E-state index is 13.6. The van der Waals surface area contributed by atoms with E-state index in [4.69, 9.17) is 11.1 Å². The van der Waals surface area contributed by atoms with Crippen molar-refractivity contribution in [3.63, 3.8) is 0 Å². The Morgan fingerprint density at radius 1 is 1.53 bits per heavy atom. The first-order chi connectivity index (χ1) is 8.09. The van der Waals surface area contributed by atoms with Gasteiger partial charge >= 0.3 is 0 Å². The van der Waals surface area contributed by atoms with Crippen LogP contribution in [0.1, 0.15) is 5.56 Å². The number of hydrogen-bond acceptors (Lipinski definition) is 4. The number of nitrogens with zero attached hydrogens (tertiary/aromatic N) is 3.